The average molecular weight is 386 g/mol. The van der Waals surface area contributed by atoms with E-state index in [1.165, 1.54) is 0 Å². The number of hydrogen-bond acceptors (Lipinski definition) is 4. The van der Waals surface area contributed by atoms with E-state index in [1.54, 1.807) is 30.3 Å². The number of amidine groups is 1. The standard InChI is InChI=1S/C20H24ClN5O/c1-25-8-10-26(11-9-25)19(23)17-12-15(4-7-18(17)22)20(27)24-13-14-2-5-16(21)6-3-14/h2-7,12,23H,8-11,13,22H2,1H3,(H,24,27). The molecule has 0 aliphatic carbocycles. The number of piperazine rings is 1. The fourth-order valence-electron chi connectivity index (χ4n) is 2.99. The Morgan fingerprint density at radius 3 is 2.48 bits per heavy atom. The molecule has 0 unspecified atom stereocenters. The molecule has 1 heterocycles. The summed E-state index contributed by atoms with van der Waals surface area (Å²) < 4.78 is 0. The maximum absolute atomic E-state index is 12.5. The zero-order valence-corrected chi connectivity index (χ0v) is 16.1. The topological polar surface area (TPSA) is 85.5 Å². The van der Waals surface area contributed by atoms with Crippen LogP contribution in [0, 0.1) is 5.41 Å². The molecule has 0 aromatic heterocycles. The van der Waals surface area contributed by atoms with Gasteiger partial charge in [0.05, 0.1) is 0 Å². The number of benzene rings is 2. The van der Waals surface area contributed by atoms with Crippen molar-refractivity contribution in [1.29, 1.82) is 5.41 Å². The molecule has 7 heteroatoms. The monoisotopic (exact) mass is 385 g/mol. The second kappa shape index (κ2) is 8.41. The quantitative estimate of drug-likeness (QED) is 0.428. The molecule has 2 aromatic rings. The van der Waals surface area contributed by atoms with E-state index in [-0.39, 0.29) is 5.91 Å². The Hall–Kier alpha value is -2.57. The third-order valence-electron chi connectivity index (χ3n) is 4.76. The van der Waals surface area contributed by atoms with Crippen molar-refractivity contribution < 1.29 is 4.79 Å². The minimum Gasteiger partial charge on any atom is -0.398 e. The summed E-state index contributed by atoms with van der Waals surface area (Å²) in [4.78, 5) is 16.8. The summed E-state index contributed by atoms with van der Waals surface area (Å²) in [5.41, 5.74) is 8.64. The number of nitrogens with one attached hydrogen (secondary N) is 2. The Morgan fingerprint density at radius 1 is 1.15 bits per heavy atom. The molecule has 27 heavy (non-hydrogen) atoms. The fourth-order valence-corrected chi connectivity index (χ4v) is 3.12. The molecule has 0 atom stereocenters. The minimum atomic E-state index is -0.197. The van der Waals surface area contributed by atoms with E-state index in [2.05, 4.69) is 17.3 Å². The van der Waals surface area contributed by atoms with Gasteiger partial charge in [-0.3, -0.25) is 10.2 Å². The first-order valence-corrected chi connectivity index (χ1v) is 9.26. The van der Waals surface area contributed by atoms with Crippen molar-refractivity contribution in [2.75, 3.05) is 39.0 Å². The number of nitrogens with zero attached hydrogens (tertiary/aromatic N) is 2. The van der Waals surface area contributed by atoms with Gasteiger partial charge in [-0.2, -0.15) is 0 Å². The fraction of sp³-hybridized carbons (Fsp3) is 0.300. The molecule has 2 aromatic carbocycles. The van der Waals surface area contributed by atoms with E-state index in [9.17, 15) is 4.79 Å². The zero-order chi connectivity index (χ0) is 19.4. The summed E-state index contributed by atoms with van der Waals surface area (Å²) >= 11 is 5.88. The number of anilines is 1. The largest absolute Gasteiger partial charge is 0.398 e. The van der Waals surface area contributed by atoms with Gasteiger partial charge in [0.1, 0.15) is 5.84 Å². The van der Waals surface area contributed by atoms with Gasteiger partial charge >= 0.3 is 0 Å². The van der Waals surface area contributed by atoms with Crippen LogP contribution >= 0.6 is 11.6 Å². The first kappa shape index (κ1) is 19.2. The molecule has 1 aliphatic rings. The van der Waals surface area contributed by atoms with E-state index in [1.807, 2.05) is 17.0 Å². The van der Waals surface area contributed by atoms with Crippen LogP contribution in [0.3, 0.4) is 0 Å². The summed E-state index contributed by atoms with van der Waals surface area (Å²) in [6, 6.07) is 12.4. The van der Waals surface area contributed by atoms with Crippen LogP contribution in [-0.2, 0) is 6.54 Å². The lowest BCUT2D eigenvalue weighted by Crippen LogP contribution is -2.47. The maximum atomic E-state index is 12.5. The number of carbonyl (C=O) groups excluding carboxylic acids is 1. The molecule has 4 N–H and O–H groups in total. The number of nitrogens with two attached hydrogens (primary N) is 1. The van der Waals surface area contributed by atoms with Crippen molar-refractivity contribution in [3.63, 3.8) is 0 Å². The number of likely N-dealkylation sites (N-methyl/N-ethyl adjacent to an activating group) is 1. The molecule has 6 nitrogen and oxygen atoms in total. The average Bonchev–Trinajstić information content (AvgIpc) is 2.68. The highest BCUT2D eigenvalue weighted by Crippen LogP contribution is 2.18. The van der Waals surface area contributed by atoms with Gasteiger partial charge in [-0.15, -0.1) is 0 Å². The van der Waals surface area contributed by atoms with Gasteiger partial charge in [-0.25, -0.2) is 0 Å². The van der Waals surface area contributed by atoms with E-state index >= 15 is 0 Å². The summed E-state index contributed by atoms with van der Waals surface area (Å²) in [7, 11) is 2.07. The summed E-state index contributed by atoms with van der Waals surface area (Å²) in [6.45, 7) is 3.78. The Balaban J connectivity index is 1.69. The van der Waals surface area contributed by atoms with Crippen LogP contribution in [0.4, 0.5) is 5.69 Å². The van der Waals surface area contributed by atoms with Crippen LogP contribution in [0.1, 0.15) is 21.5 Å². The highest BCUT2D eigenvalue weighted by atomic mass is 35.5. The normalized spacial score (nSPS) is 14.8. The molecule has 3 rings (SSSR count). The van der Waals surface area contributed by atoms with Gasteiger partial charge in [0.15, 0.2) is 0 Å². The Morgan fingerprint density at radius 2 is 1.81 bits per heavy atom. The summed E-state index contributed by atoms with van der Waals surface area (Å²) in [5.74, 6) is 0.172. The zero-order valence-electron chi connectivity index (χ0n) is 15.3. The van der Waals surface area contributed by atoms with Crippen molar-refractivity contribution in [3.05, 3.63) is 64.2 Å². The van der Waals surface area contributed by atoms with Gasteiger partial charge in [-0.05, 0) is 42.9 Å². The van der Waals surface area contributed by atoms with Crippen LogP contribution in [0.2, 0.25) is 5.02 Å². The lowest BCUT2D eigenvalue weighted by Gasteiger charge is -2.34. The summed E-state index contributed by atoms with van der Waals surface area (Å²) in [5, 5.41) is 12.1. The lowest BCUT2D eigenvalue weighted by molar-refractivity contribution is 0.0951. The van der Waals surface area contributed by atoms with Crippen molar-refractivity contribution >= 4 is 29.0 Å². The molecule has 1 saturated heterocycles. The third kappa shape index (κ3) is 4.78. The van der Waals surface area contributed by atoms with E-state index in [0.29, 0.717) is 34.2 Å². The molecule has 0 saturated carbocycles. The van der Waals surface area contributed by atoms with Gasteiger partial charge in [-0.1, -0.05) is 23.7 Å². The SMILES string of the molecule is CN1CCN(C(=N)c2cc(C(=O)NCc3ccc(Cl)cc3)ccc2N)CC1. The van der Waals surface area contributed by atoms with Crippen LogP contribution < -0.4 is 11.1 Å². The third-order valence-corrected chi connectivity index (χ3v) is 5.01. The highest BCUT2D eigenvalue weighted by Gasteiger charge is 2.20. The maximum Gasteiger partial charge on any atom is 0.251 e. The number of rotatable bonds is 4. The van der Waals surface area contributed by atoms with Crippen molar-refractivity contribution in [1.82, 2.24) is 15.1 Å². The van der Waals surface area contributed by atoms with E-state index < -0.39 is 0 Å². The highest BCUT2D eigenvalue weighted by molar-refractivity contribution is 6.30. The Labute approximate surface area is 164 Å². The van der Waals surface area contributed by atoms with Crippen LogP contribution in [-0.4, -0.2) is 54.8 Å². The smallest absolute Gasteiger partial charge is 0.251 e. The molecule has 0 spiro atoms. The second-order valence-electron chi connectivity index (χ2n) is 6.75. The van der Waals surface area contributed by atoms with Crippen molar-refractivity contribution in [3.8, 4) is 0 Å². The molecule has 142 valence electrons. The number of amides is 1. The molecule has 0 radical (unpaired) electrons. The first-order valence-electron chi connectivity index (χ1n) is 8.88. The molecule has 0 bridgehead atoms. The van der Waals surface area contributed by atoms with Crippen molar-refractivity contribution in [2.24, 2.45) is 0 Å². The number of hydrogen-bond donors (Lipinski definition) is 3. The molecule has 1 aliphatic heterocycles. The van der Waals surface area contributed by atoms with Gasteiger partial charge in [0.2, 0.25) is 0 Å². The Bertz CT molecular complexity index is 829. The number of nitrogen functional groups attached to an aromatic ring is 1. The van der Waals surface area contributed by atoms with E-state index in [0.717, 1.165) is 31.7 Å². The van der Waals surface area contributed by atoms with E-state index in [4.69, 9.17) is 22.7 Å². The Kier molecular flexibility index (Phi) is 5.98. The van der Waals surface area contributed by atoms with Gasteiger partial charge in [0.25, 0.3) is 5.91 Å². The number of halogens is 1. The minimum absolute atomic E-state index is 0.197. The lowest BCUT2D eigenvalue weighted by atomic mass is 10.1. The predicted molar refractivity (Wildman–Crippen MR) is 109 cm³/mol. The predicted octanol–water partition coefficient (Wildman–Crippen LogP) is 2.42. The summed E-state index contributed by atoms with van der Waals surface area (Å²) in [6.07, 6.45) is 0. The van der Waals surface area contributed by atoms with Crippen LogP contribution in [0.15, 0.2) is 42.5 Å². The van der Waals surface area contributed by atoms with Gasteiger partial charge < -0.3 is 20.9 Å². The van der Waals surface area contributed by atoms with Crippen LogP contribution in [0.5, 0.6) is 0 Å². The molecule has 1 amide bonds. The molecular formula is C20H24ClN5O. The van der Waals surface area contributed by atoms with Crippen LogP contribution in [0.25, 0.3) is 0 Å². The first-order chi connectivity index (χ1) is 12.9. The van der Waals surface area contributed by atoms with Gasteiger partial charge in [0, 0.05) is 54.6 Å². The number of carbonyl (C=O) groups is 1. The van der Waals surface area contributed by atoms with Crippen molar-refractivity contribution in [2.45, 2.75) is 6.54 Å². The molecule has 1 fully saturated rings. The molecular weight excluding hydrogens is 362 g/mol. The second-order valence-corrected chi connectivity index (χ2v) is 7.19.